The third-order valence-electron chi connectivity index (χ3n) is 4.36. The zero-order valence-corrected chi connectivity index (χ0v) is 14.8. The van der Waals surface area contributed by atoms with Crippen molar-refractivity contribution < 1.29 is 4.79 Å². The molecule has 1 heterocycles. The summed E-state index contributed by atoms with van der Waals surface area (Å²) >= 11 is 1.73. The van der Waals surface area contributed by atoms with Crippen molar-refractivity contribution in [3.05, 3.63) is 29.8 Å². The van der Waals surface area contributed by atoms with E-state index in [4.69, 9.17) is 0 Å². The normalized spacial score (nSPS) is 16.9. The maximum Gasteiger partial charge on any atom is 0.252 e. The number of thioether (sulfide) groups is 1. The molecular weight excluding hydrogens is 292 g/mol. The van der Waals surface area contributed by atoms with Gasteiger partial charge in [-0.2, -0.15) is 0 Å². The zero-order chi connectivity index (χ0) is 15.9. The van der Waals surface area contributed by atoms with Crippen molar-refractivity contribution in [1.82, 2.24) is 10.2 Å². The Morgan fingerprint density at radius 1 is 1.32 bits per heavy atom. The zero-order valence-electron chi connectivity index (χ0n) is 14.0. The van der Waals surface area contributed by atoms with Crippen LogP contribution in [-0.4, -0.2) is 42.2 Å². The Kier molecular flexibility index (Phi) is 6.77. The van der Waals surface area contributed by atoms with Gasteiger partial charge < -0.3 is 10.2 Å². The van der Waals surface area contributed by atoms with Gasteiger partial charge in [0.05, 0.1) is 5.56 Å². The summed E-state index contributed by atoms with van der Waals surface area (Å²) in [7, 11) is 0. The van der Waals surface area contributed by atoms with Crippen LogP contribution in [0.3, 0.4) is 0 Å². The predicted molar refractivity (Wildman–Crippen MR) is 94.6 cm³/mol. The molecule has 1 saturated heterocycles. The Morgan fingerprint density at radius 3 is 2.64 bits per heavy atom. The molecule has 0 saturated carbocycles. The summed E-state index contributed by atoms with van der Waals surface area (Å²) in [5.41, 5.74) is 0.814. The fourth-order valence-corrected chi connectivity index (χ4v) is 3.74. The van der Waals surface area contributed by atoms with Crippen molar-refractivity contribution in [2.45, 2.75) is 44.6 Å². The quantitative estimate of drug-likeness (QED) is 0.812. The van der Waals surface area contributed by atoms with Gasteiger partial charge >= 0.3 is 0 Å². The number of nitrogens with zero attached hydrogens (tertiary/aromatic N) is 1. The summed E-state index contributed by atoms with van der Waals surface area (Å²) in [6, 6.07) is 8.53. The third kappa shape index (κ3) is 4.75. The largest absolute Gasteiger partial charge is 0.352 e. The molecule has 1 N–H and O–H groups in total. The third-order valence-corrected chi connectivity index (χ3v) is 5.32. The van der Waals surface area contributed by atoms with Crippen molar-refractivity contribution in [3.8, 4) is 0 Å². The standard InChI is InChI=1S/C18H28N2OS/c1-4-22-17-8-6-5-7-16(17)18(21)19-13-15-9-11-20(12-10-15)14(2)3/h5-8,14-15H,4,9-13H2,1-3H3,(H,19,21). The summed E-state index contributed by atoms with van der Waals surface area (Å²) in [6.45, 7) is 9.73. The van der Waals surface area contributed by atoms with E-state index in [2.05, 4.69) is 31.0 Å². The Labute approximate surface area is 138 Å². The van der Waals surface area contributed by atoms with Crippen molar-refractivity contribution in [2.75, 3.05) is 25.4 Å². The molecule has 1 aliphatic rings. The van der Waals surface area contributed by atoms with Crippen LogP contribution in [0.1, 0.15) is 44.0 Å². The second-order valence-corrected chi connectivity index (χ2v) is 7.52. The summed E-state index contributed by atoms with van der Waals surface area (Å²) in [5.74, 6) is 1.67. The minimum Gasteiger partial charge on any atom is -0.352 e. The number of benzene rings is 1. The molecule has 122 valence electrons. The topological polar surface area (TPSA) is 32.3 Å². The molecule has 1 fully saturated rings. The van der Waals surface area contributed by atoms with E-state index >= 15 is 0 Å². The number of carbonyl (C=O) groups is 1. The molecule has 1 aromatic carbocycles. The second kappa shape index (κ2) is 8.59. The van der Waals surface area contributed by atoms with E-state index in [1.807, 2.05) is 24.3 Å². The van der Waals surface area contributed by atoms with E-state index in [1.165, 1.54) is 12.8 Å². The number of piperidine rings is 1. The monoisotopic (exact) mass is 320 g/mol. The molecule has 22 heavy (non-hydrogen) atoms. The van der Waals surface area contributed by atoms with Crippen LogP contribution >= 0.6 is 11.8 Å². The van der Waals surface area contributed by atoms with Crippen LogP contribution in [0.5, 0.6) is 0 Å². The van der Waals surface area contributed by atoms with Crippen molar-refractivity contribution in [1.29, 1.82) is 0 Å². The fraction of sp³-hybridized carbons (Fsp3) is 0.611. The van der Waals surface area contributed by atoms with Gasteiger partial charge in [0, 0.05) is 17.5 Å². The molecule has 0 unspecified atom stereocenters. The van der Waals surface area contributed by atoms with Gasteiger partial charge in [-0.1, -0.05) is 19.1 Å². The van der Waals surface area contributed by atoms with E-state index in [9.17, 15) is 4.79 Å². The van der Waals surface area contributed by atoms with Gasteiger partial charge in [0.2, 0.25) is 0 Å². The van der Waals surface area contributed by atoms with Crippen LogP contribution in [0.15, 0.2) is 29.2 Å². The van der Waals surface area contributed by atoms with Gasteiger partial charge in [-0.3, -0.25) is 4.79 Å². The lowest BCUT2D eigenvalue weighted by molar-refractivity contribution is 0.0927. The summed E-state index contributed by atoms with van der Waals surface area (Å²) in [5, 5.41) is 3.14. The highest BCUT2D eigenvalue weighted by Gasteiger charge is 2.21. The van der Waals surface area contributed by atoms with Gasteiger partial charge in [0.15, 0.2) is 0 Å². The first-order valence-corrected chi connectivity index (χ1v) is 9.34. The van der Waals surface area contributed by atoms with Crippen LogP contribution in [0, 0.1) is 5.92 Å². The molecule has 2 rings (SSSR count). The molecule has 4 heteroatoms. The van der Waals surface area contributed by atoms with Gasteiger partial charge in [-0.15, -0.1) is 11.8 Å². The van der Waals surface area contributed by atoms with Crippen LogP contribution in [0.2, 0.25) is 0 Å². The molecule has 0 bridgehead atoms. The minimum absolute atomic E-state index is 0.0721. The first kappa shape index (κ1) is 17.4. The fourth-order valence-electron chi connectivity index (χ4n) is 2.94. The van der Waals surface area contributed by atoms with Crippen LogP contribution in [0.4, 0.5) is 0 Å². The maximum absolute atomic E-state index is 12.4. The first-order valence-electron chi connectivity index (χ1n) is 8.36. The van der Waals surface area contributed by atoms with Gasteiger partial charge in [0.25, 0.3) is 5.91 Å². The smallest absolute Gasteiger partial charge is 0.252 e. The Morgan fingerprint density at radius 2 is 2.00 bits per heavy atom. The van der Waals surface area contributed by atoms with Gasteiger partial charge in [0.1, 0.15) is 0 Å². The molecular formula is C18H28N2OS. The van der Waals surface area contributed by atoms with E-state index in [0.29, 0.717) is 12.0 Å². The minimum atomic E-state index is 0.0721. The first-order chi connectivity index (χ1) is 10.6. The van der Waals surface area contributed by atoms with Crippen LogP contribution < -0.4 is 5.32 Å². The van der Waals surface area contributed by atoms with Crippen LogP contribution in [-0.2, 0) is 0 Å². The van der Waals surface area contributed by atoms with E-state index in [1.54, 1.807) is 11.8 Å². The molecule has 0 radical (unpaired) electrons. The maximum atomic E-state index is 12.4. The van der Waals surface area contributed by atoms with Crippen LogP contribution in [0.25, 0.3) is 0 Å². The lowest BCUT2D eigenvalue weighted by Crippen LogP contribution is -2.41. The lowest BCUT2D eigenvalue weighted by Gasteiger charge is -2.34. The predicted octanol–water partition coefficient (Wildman–Crippen LogP) is 3.65. The van der Waals surface area contributed by atoms with Crippen molar-refractivity contribution in [2.24, 2.45) is 5.92 Å². The van der Waals surface area contributed by atoms with E-state index in [0.717, 1.165) is 35.8 Å². The van der Waals surface area contributed by atoms with Crippen molar-refractivity contribution in [3.63, 3.8) is 0 Å². The highest BCUT2D eigenvalue weighted by atomic mass is 32.2. The molecule has 0 atom stereocenters. The Balaban J connectivity index is 1.84. The van der Waals surface area contributed by atoms with Gasteiger partial charge in [-0.05, 0) is 63.6 Å². The Bertz CT molecular complexity index is 482. The molecule has 0 aliphatic carbocycles. The molecule has 0 spiro atoms. The number of hydrogen-bond donors (Lipinski definition) is 1. The number of amides is 1. The van der Waals surface area contributed by atoms with E-state index < -0.39 is 0 Å². The number of likely N-dealkylation sites (tertiary alicyclic amines) is 1. The lowest BCUT2D eigenvalue weighted by atomic mass is 9.96. The molecule has 3 nitrogen and oxygen atoms in total. The number of hydrogen-bond acceptors (Lipinski definition) is 3. The molecule has 1 aliphatic heterocycles. The molecule has 1 amide bonds. The molecule has 0 aromatic heterocycles. The summed E-state index contributed by atoms with van der Waals surface area (Å²) < 4.78 is 0. The number of nitrogens with one attached hydrogen (secondary N) is 1. The molecule has 1 aromatic rings. The summed E-state index contributed by atoms with van der Waals surface area (Å²) in [6.07, 6.45) is 2.37. The van der Waals surface area contributed by atoms with E-state index in [-0.39, 0.29) is 5.91 Å². The van der Waals surface area contributed by atoms with Crippen molar-refractivity contribution >= 4 is 17.7 Å². The SMILES string of the molecule is CCSc1ccccc1C(=O)NCC1CCN(C(C)C)CC1. The number of carbonyl (C=O) groups excluding carboxylic acids is 1. The second-order valence-electron chi connectivity index (χ2n) is 6.21. The number of rotatable bonds is 6. The highest BCUT2D eigenvalue weighted by molar-refractivity contribution is 7.99. The average molecular weight is 321 g/mol. The average Bonchev–Trinajstić information content (AvgIpc) is 2.54. The summed E-state index contributed by atoms with van der Waals surface area (Å²) in [4.78, 5) is 16.0. The Hall–Kier alpha value is -1.00. The highest BCUT2D eigenvalue weighted by Crippen LogP contribution is 2.23. The van der Waals surface area contributed by atoms with Gasteiger partial charge in [-0.25, -0.2) is 0 Å².